The topological polar surface area (TPSA) is 124 Å². The number of hydrogen-bond donors (Lipinski definition) is 2. The molecule has 11 nitrogen and oxygen atoms in total. The second-order valence-electron chi connectivity index (χ2n) is 10.8. The number of ether oxygens (including phenoxy) is 4. The highest BCUT2D eigenvalue weighted by molar-refractivity contribution is 5.83. The Morgan fingerprint density at radius 2 is 1.39 bits per heavy atom. The molecule has 0 amide bonds. The zero-order chi connectivity index (χ0) is 30.8. The number of hydrogen-bond acceptors (Lipinski definition) is 10. The molecule has 6 rings (SSSR count). The summed E-state index contributed by atoms with van der Waals surface area (Å²) in [5, 5.41) is 22.4. The fourth-order valence-electron chi connectivity index (χ4n) is 5.73. The number of fused-ring (bicyclic) bond motifs is 1. The lowest BCUT2D eigenvalue weighted by molar-refractivity contribution is -0.0942. The standard InChI is InChI=1S/C33H35N5O6/c1-37(2)30-27-31(35-19-34-30)38(20-36-27)32-29(40)28(39)26(44-32)18-43-33(21-8-6-5-7-9-21,22-10-14-24(41-3)15-11-22)23-12-16-25(42-4)17-13-23/h5-17,19-20,26,28-29,32,39-40H,18H2,1-4H3/t26-,28-,29-,32-/m1/s1. The summed E-state index contributed by atoms with van der Waals surface area (Å²) in [6.45, 7) is -0.0494. The van der Waals surface area contributed by atoms with Crippen LogP contribution in [0.1, 0.15) is 22.9 Å². The summed E-state index contributed by atoms with van der Waals surface area (Å²) in [6.07, 6.45) is -1.34. The van der Waals surface area contributed by atoms with Crippen LogP contribution in [0, 0.1) is 0 Å². The largest absolute Gasteiger partial charge is 0.497 e. The highest BCUT2D eigenvalue weighted by Crippen LogP contribution is 2.43. The first-order valence-corrected chi connectivity index (χ1v) is 14.2. The van der Waals surface area contributed by atoms with E-state index in [-0.39, 0.29) is 6.61 Å². The minimum absolute atomic E-state index is 0.0494. The van der Waals surface area contributed by atoms with Gasteiger partial charge in [0.15, 0.2) is 23.2 Å². The zero-order valence-electron chi connectivity index (χ0n) is 24.9. The van der Waals surface area contributed by atoms with Crippen molar-refractivity contribution >= 4 is 17.0 Å². The van der Waals surface area contributed by atoms with Gasteiger partial charge in [0, 0.05) is 14.1 Å². The predicted molar refractivity (Wildman–Crippen MR) is 164 cm³/mol. The van der Waals surface area contributed by atoms with Gasteiger partial charge in [-0.1, -0.05) is 54.6 Å². The molecule has 0 unspecified atom stereocenters. The molecule has 1 fully saturated rings. The van der Waals surface area contributed by atoms with E-state index >= 15 is 0 Å². The first-order valence-electron chi connectivity index (χ1n) is 14.2. The van der Waals surface area contributed by atoms with Crippen molar-refractivity contribution in [2.75, 3.05) is 39.8 Å². The fraction of sp³-hybridized carbons (Fsp3) is 0.303. The van der Waals surface area contributed by atoms with Crippen molar-refractivity contribution in [2.45, 2.75) is 30.1 Å². The summed E-state index contributed by atoms with van der Waals surface area (Å²) in [4.78, 5) is 15.0. The highest BCUT2D eigenvalue weighted by Gasteiger charge is 2.47. The number of aliphatic hydroxyl groups is 2. The smallest absolute Gasteiger partial charge is 0.167 e. The summed E-state index contributed by atoms with van der Waals surface area (Å²) in [6, 6.07) is 25.2. The molecule has 0 bridgehead atoms. The van der Waals surface area contributed by atoms with E-state index in [1.165, 1.54) is 6.33 Å². The number of aromatic nitrogens is 4. The van der Waals surface area contributed by atoms with Gasteiger partial charge in [-0.05, 0) is 41.0 Å². The molecule has 44 heavy (non-hydrogen) atoms. The lowest BCUT2D eigenvalue weighted by Crippen LogP contribution is -2.39. The first kappa shape index (κ1) is 29.5. The number of imidazole rings is 1. The Morgan fingerprint density at radius 1 is 0.795 bits per heavy atom. The van der Waals surface area contributed by atoms with Gasteiger partial charge in [-0.3, -0.25) is 4.57 Å². The molecule has 1 saturated heterocycles. The van der Waals surface area contributed by atoms with Crippen molar-refractivity contribution in [3.8, 4) is 11.5 Å². The maximum atomic E-state index is 11.2. The van der Waals surface area contributed by atoms with Gasteiger partial charge in [-0.15, -0.1) is 0 Å². The zero-order valence-corrected chi connectivity index (χ0v) is 24.9. The van der Waals surface area contributed by atoms with Crippen LogP contribution in [0.3, 0.4) is 0 Å². The van der Waals surface area contributed by atoms with Crippen LogP contribution < -0.4 is 14.4 Å². The molecule has 228 valence electrons. The normalized spacial score (nSPS) is 20.1. The molecule has 0 radical (unpaired) electrons. The van der Waals surface area contributed by atoms with E-state index in [0.717, 1.165) is 16.7 Å². The van der Waals surface area contributed by atoms with Gasteiger partial charge in [0.2, 0.25) is 0 Å². The number of aliphatic hydroxyl groups excluding tert-OH is 2. The van der Waals surface area contributed by atoms with E-state index in [2.05, 4.69) is 15.0 Å². The molecule has 2 aromatic heterocycles. The van der Waals surface area contributed by atoms with Crippen LogP contribution in [0.2, 0.25) is 0 Å². The van der Waals surface area contributed by atoms with Crippen molar-refractivity contribution in [1.29, 1.82) is 0 Å². The minimum atomic E-state index is -1.26. The molecule has 11 heteroatoms. The number of methoxy groups -OCH3 is 2. The molecule has 0 spiro atoms. The summed E-state index contributed by atoms with van der Waals surface area (Å²) in [5.41, 5.74) is 2.48. The van der Waals surface area contributed by atoms with Gasteiger partial charge in [0.25, 0.3) is 0 Å². The maximum absolute atomic E-state index is 11.2. The molecule has 1 aliphatic rings. The highest BCUT2D eigenvalue weighted by atomic mass is 16.6. The third-order valence-electron chi connectivity index (χ3n) is 8.01. The van der Waals surface area contributed by atoms with Gasteiger partial charge in [0.1, 0.15) is 41.7 Å². The van der Waals surface area contributed by atoms with Gasteiger partial charge in [-0.2, -0.15) is 0 Å². The van der Waals surface area contributed by atoms with Crippen LogP contribution in [0.4, 0.5) is 5.82 Å². The second kappa shape index (κ2) is 12.2. The van der Waals surface area contributed by atoms with E-state index in [9.17, 15) is 10.2 Å². The molecule has 0 aliphatic carbocycles. The molecule has 2 N–H and O–H groups in total. The van der Waals surface area contributed by atoms with Crippen LogP contribution in [0.25, 0.3) is 11.2 Å². The molecular formula is C33H35N5O6. The van der Waals surface area contributed by atoms with E-state index in [0.29, 0.717) is 28.5 Å². The lowest BCUT2D eigenvalue weighted by Gasteiger charge is -2.37. The molecule has 1 aliphatic heterocycles. The van der Waals surface area contributed by atoms with Crippen LogP contribution in [0.5, 0.6) is 11.5 Å². The average molecular weight is 598 g/mol. The van der Waals surface area contributed by atoms with E-state index in [1.54, 1.807) is 25.1 Å². The Bertz CT molecular complexity index is 1650. The Labute approximate surface area is 255 Å². The summed E-state index contributed by atoms with van der Waals surface area (Å²) in [5.74, 6) is 2.05. The van der Waals surface area contributed by atoms with Crippen molar-refractivity contribution in [3.63, 3.8) is 0 Å². The minimum Gasteiger partial charge on any atom is -0.497 e. The third-order valence-corrected chi connectivity index (χ3v) is 8.01. The molecular weight excluding hydrogens is 562 g/mol. The summed E-state index contributed by atoms with van der Waals surface area (Å²) in [7, 11) is 6.97. The number of benzene rings is 3. The molecule has 3 aromatic carbocycles. The maximum Gasteiger partial charge on any atom is 0.167 e. The van der Waals surface area contributed by atoms with Crippen LogP contribution in [0.15, 0.2) is 91.5 Å². The molecule has 3 heterocycles. The Morgan fingerprint density at radius 3 is 1.95 bits per heavy atom. The lowest BCUT2D eigenvalue weighted by atomic mass is 9.80. The average Bonchev–Trinajstić information content (AvgIpc) is 3.62. The quantitative estimate of drug-likeness (QED) is 0.231. The summed E-state index contributed by atoms with van der Waals surface area (Å²) < 4.78 is 25.7. The van der Waals surface area contributed by atoms with Gasteiger partial charge < -0.3 is 34.1 Å². The predicted octanol–water partition coefficient (Wildman–Crippen LogP) is 3.54. The van der Waals surface area contributed by atoms with Gasteiger partial charge >= 0.3 is 0 Å². The van der Waals surface area contributed by atoms with Crippen LogP contribution in [-0.4, -0.2) is 83.0 Å². The van der Waals surface area contributed by atoms with Crippen molar-refractivity contribution in [1.82, 2.24) is 19.5 Å². The number of rotatable bonds is 10. The van der Waals surface area contributed by atoms with Gasteiger partial charge in [0.05, 0.1) is 27.2 Å². The van der Waals surface area contributed by atoms with Crippen LogP contribution >= 0.6 is 0 Å². The van der Waals surface area contributed by atoms with E-state index in [1.807, 2.05) is 97.9 Å². The third kappa shape index (κ3) is 5.13. The monoisotopic (exact) mass is 597 g/mol. The van der Waals surface area contributed by atoms with Crippen molar-refractivity contribution in [2.24, 2.45) is 0 Å². The molecule has 0 saturated carbocycles. The first-order chi connectivity index (χ1) is 21.4. The summed E-state index contributed by atoms with van der Waals surface area (Å²) >= 11 is 0. The fourth-order valence-corrected chi connectivity index (χ4v) is 5.73. The molecule has 4 atom stereocenters. The Hall–Kier alpha value is -4.55. The SMILES string of the molecule is COc1ccc(C(OC[C@H]2O[C@@H](n3cnc4c(N(C)C)ncnc43)[C@H](O)[C@@H]2O)(c2ccccc2)c2ccc(OC)cc2)cc1. The molecule has 5 aromatic rings. The Balaban J connectivity index is 1.38. The number of anilines is 1. The number of nitrogens with zero attached hydrogens (tertiary/aromatic N) is 5. The second-order valence-corrected chi connectivity index (χ2v) is 10.8. The Kier molecular flexibility index (Phi) is 8.19. The van der Waals surface area contributed by atoms with E-state index < -0.39 is 30.1 Å². The van der Waals surface area contributed by atoms with Crippen LogP contribution in [-0.2, 0) is 15.1 Å². The van der Waals surface area contributed by atoms with E-state index in [4.69, 9.17) is 18.9 Å². The van der Waals surface area contributed by atoms with Gasteiger partial charge in [-0.25, -0.2) is 15.0 Å². The van der Waals surface area contributed by atoms with Crippen molar-refractivity contribution in [3.05, 3.63) is 108 Å². The van der Waals surface area contributed by atoms with Crippen molar-refractivity contribution < 1.29 is 29.2 Å².